The second kappa shape index (κ2) is 8.35. The molecule has 0 radical (unpaired) electrons. The molecular weight excluding hydrogens is 342 g/mol. The molecular formula is C18H21NO3S2. The zero-order valence-corrected chi connectivity index (χ0v) is 15.4. The second-order valence-corrected chi connectivity index (χ2v) is 8.61. The fourth-order valence-corrected chi connectivity index (χ4v) is 3.64. The molecule has 0 heterocycles. The summed E-state index contributed by atoms with van der Waals surface area (Å²) in [4.78, 5) is 12.3. The van der Waals surface area contributed by atoms with Crippen molar-refractivity contribution in [3.05, 3.63) is 65.7 Å². The maximum absolute atomic E-state index is 12.0. The molecule has 0 aliphatic heterocycles. The van der Waals surface area contributed by atoms with E-state index in [-0.39, 0.29) is 16.8 Å². The number of nitrogens with one attached hydrogen (secondary N) is 1. The van der Waals surface area contributed by atoms with Gasteiger partial charge in [0.25, 0.3) is 0 Å². The summed E-state index contributed by atoms with van der Waals surface area (Å²) >= 11 is 1.57. The predicted molar refractivity (Wildman–Crippen MR) is 98.7 cm³/mol. The summed E-state index contributed by atoms with van der Waals surface area (Å²) in [6, 6.07) is 16.5. The van der Waals surface area contributed by atoms with Crippen LogP contribution in [0.3, 0.4) is 0 Å². The van der Waals surface area contributed by atoms with Gasteiger partial charge in [-0.2, -0.15) is 0 Å². The molecule has 0 fully saturated rings. The lowest BCUT2D eigenvalue weighted by molar-refractivity contribution is -0.119. The maximum Gasteiger partial charge on any atom is 0.230 e. The van der Waals surface area contributed by atoms with Crippen LogP contribution in [0.25, 0.3) is 0 Å². The molecule has 0 unspecified atom stereocenters. The SMILES string of the molecule is C[C@@H](NC(=O)CSCc1ccccc1)c1ccc(S(C)(=O)=O)cc1. The second-order valence-electron chi connectivity index (χ2n) is 5.61. The normalized spacial score (nSPS) is 12.6. The third kappa shape index (κ3) is 5.69. The fourth-order valence-electron chi connectivity index (χ4n) is 2.21. The Morgan fingerprint density at radius 3 is 2.29 bits per heavy atom. The standard InChI is InChI=1S/C18H21NO3S2/c1-14(16-8-10-17(11-9-16)24(2,21)22)19-18(20)13-23-12-15-6-4-3-5-7-15/h3-11,14H,12-13H2,1-2H3,(H,19,20)/t14-/m1/s1. The molecule has 0 aliphatic carbocycles. The van der Waals surface area contributed by atoms with E-state index in [1.165, 1.54) is 11.8 Å². The third-order valence-corrected chi connectivity index (χ3v) is 5.66. The van der Waals surface area contributed by atoms with E-state index in [4.69, 9.17) is 0 Å². The average molecular weight is 364 g/mol. The lowest BCUT2D eigenvalue weighted by Gasteiger charge is -2.14. The molecule has 6 heteroatoms. The summed E-state index contributed by atoms with van der Waals surface area (Å²) < 4.78 is 22.9. The van der Waals surface area contributed by atoms with Crippen molar-refractivity contribution in [2.45, 2.75) is 23.6 Å². The smallest absolute Gasteiger partial charge is 0.230 e. The van der Waals surface area contributed by atoms with Crippen molar-refractivity contribution in [1.29, 1.82) is 0 Å². The van der Waals surface area contributed by atoms with Crippen LogP contribution < -0.4 is 5.32 Å². The molecule has 2 rings (SSSR count). The van der Waals surface area contributed by atoms with Gasteiger partial charge in [-0.1, -0.05) is 42.5 Å². The van der Waals surface area contributed by atoms with Crippen molar-refractivity contribution >= 4 is 27.5 Å². The van der Waals surface area contributed by atoms with Crippen LogP contribution in [0.1, 0.15) is 24.1 Å². The molecule has 1 N–H and O–H groups in total. The average Bonchev–Trinajstić information content (AvgIpc) is 2.55. The zero-order valence-electron chi connectivity index (χ0n) is 13.7. The Morgan fingerprint density at radius 2 is 1.71 bits per heavy atom. The van der Waals surface area contributed by atoms with Gasteiger partial charge in [-0.3, -0.25) is 4.79 Å². The zero-order chi connectivity index (χ0) is 17.6. The van der Waals surface area contributed by atoms with Crippen molar-refractivity contribution in [3.63, 3.8) is 0 Å². The third-order valence-electron chi connectivity index (χ3n) is 3.53. The fraction of sp³-hybridized carbons (Fsp3) is 0.278. The summed E-state index contributed by atoms with van der Waals surface area (Å²) in [5.74, 6) is 1.16. The highest BCUT2D eigenvalue weighted by Crippen LogP contribution is 2.17. The van der Waals surface area contributed by atoms with Gasteiger partial charge in [0.2, 0.25) is 5.91 Å². The highest BCUT2D eigenvalue weighted by atomic mass is 32.2. The molecule has 24 heavy (non-hydrogen) atoms. The first kappa shape index (κ1) is 18.5. The monoisotopic (exact) mass is 363 g/mol. The Kier molecular flexibility index (Phi) is 6.45. The molecule has 0 bridgehead atoms. The van der Waals surface area contributed by atoms with Gasteiger partial charge in [-0.15, -0.1) is 11.8 Å². The lowest BCUT2D eigenvalue weighted by atomic mass is 10.1. The van der Waals surface area contributed by atoms with Crippen LogP contribution in [0, 0.1) is 0 Å². The molecule has 2 aromatic carbocycles. The summed E-state index contributed by atoms with van der Waals surface area (Å²) in [5, 5.41) is 2.93. The molecule has 128 valence electrons. The molecule has 1 amide bonds. The van der Waals surface area contributed by atoms with E-state index in [0.29, 0.717) is 5.75 Å². The number of carbonyl (C=O) groups excluding carboxylic acids is 1. The Morgan fingerprint density at radius 1 is 1.08 bits per heavy atom. The maximum atomic E-state index is 12.0. The number of thioether (sulfide) groups is 1. The van der Waals surface area contributed by atoms with E-state index in [0.717, 1.165) is 11.3 Å². The first-order chi connectivity index (χ1) is 11.4. The number of carbonyl (C=O) groups is 1. The Labute approximate surface area is 147 Å². The van der Waals surface area contributed by atoms with E-state index in [1.54, 1.807) is 36.0 Å². The number of amides is 1. The van der Waals surface area contributed by atoms with E-state index in [9.17, 15) is 13.2 Å². The van der Waals surface area contributed by atoms with Gasteiger partial charge >= 0.3 is 0 Å². The topological polar surface area (TPSA) is 63.2 Å². The Balaban J connectivity index is 1.83. The van der Waals surface area contributed by atoms with E-state index >= 15 is 0 Å². The number of hydrogen-bond donors (Lipinski definition) is 1. The van der Waals surface area contributed by atoms with Gasteiger partial charge < -0.3 is 5.32 Å². The van der Waals surface area contributed by atoms with Gasteiger partial charge in [-0.25, -0.2) is 8.42 Å². The van der Waals surface area contributed by atoms with Crippen LogP contribution >= 0.6 is 11.8 Å². The quantitative estimate of drug-likeness (QED) is 0.820. The van der Waals surface area contributed by atoms with Crippen LogP contribution in [0.5, 0.6) is 0 Å². The Hall–Kier alpha value is -1.79. The molecule has 0 aliphatic rings. The predicted octanol–water partition coefficient (Wildman–Crippen LogP) is 3.20. The molecule has 0 spiro atoms. The highest BCUT2D eigenvalue weighted by Gasteiger charge is 2.12. The van der Waals surface area contributed by atoms with E-state index < -0.39 is 9.84 Å². The number of hydrogen-bond acceptors (Lipinski definition) is 4. The van der Waals surface area contributed by atoms with Crippen molar-refractivity contribution in [2.24, 2.45) is 0 Å². The van der Waals surface area contributed by atoms with Crippen LogP contribution in [-0.2, 0) is 20.4 Å². The first-order valence-corrected chi connectivity index (χ1v) is 10.6. The van der Waals surface area contributed by atoms with Crippen molar-refractivity contribution in [2.75, 3.05) is 12.0 Å². The van der Waals surface area contributed by atoms with E-state index in [1.807, 2.05) is 37.3 Å². The van der Waals surface area contributed by atoms with Crippen LogP contribution in [-0.4, -0.2) is 26.3 Å². The van der Waals surface area contributed by atoms with Gasteiger partial charge in [0.15, 0.2) is 9.84 Å². The van der Waals surface area contributed by atoms with Crippen molar-refractivity contribution in [3.8, 4) is 0 Å². The van der Waals surface area contributed by atoms with Crippen molar-refractivity contribution < 1.29 is 13.2 Å². The minimum Gasteiger partial charge on any atom is -0.349 e. The van der Waals surface area contributed by atoms with E-state index in [2.05, 4.69) is 5.32 Å². The summed E-state index contributed by atoms with van der Waals surface area (Å²) in [6.45, 7) is 1.88. The molecule has 2 aromatic rings. The van der Waals surface area contributed by atoms with Crippen molar-refractivity contribution in [1.82, 2.24) is 5.32 Å². The number of sulfone groups is 1. The highest BCUT2D eigenvalue weighted by molar-refractivity contribution is 7.99. The molecule has 4 nitrogen and oxygen atoms in total. The van der Waals surface area contributed by atoms with Crippen LogP contribution in [0.4, 0.5) is 0 Å². The van der Waals surface area contributed by atoms with Gasteiger partial charge in [-0.05, 0) is 30.2 Å². The van der Waals surface area contributed by atoms with Gasteiger partial charge in [0, 0.05) is 12.0 Å². The molecule has 1 atom stereocenters. The summed E-state index contributed by atoms with van der Waals surface area (Å²) in [6.07, 6.45) is 1.18. The number of rotatable bonds is 7. The molecule has 0 aromatic heterocycles. The minimum atomic E-state index is -3.20. The minimum absolute atomic E-state index is 0.0318. The van der Waals surface area contributed by atoms with Crippen LogP contribution in [0.15, 0.2) is 59.5 Å². The molecule has 0 saturated carbocycles. The summed E-state index contributed by atoms with van der Waals surface area (Å²) in [7, 11) is -3.20. The first-order valence-electron chi connectivity index (χ1n) is 7.57. The van der Waals surface area contributed by atoms with Gasteiger partial charge in [0.1, 0.15) is 0 Å². The Bertz CT molecular complexity index is 772. The summed E-state index contributed by atoms with van der Waals surface area (Å²) in [5.41, 5.74) is 2.07. The largest absolute Gasteiger partial charge is 0.349 e. The number of benzene rings is 2. The lowest BCUT2D eigenvalue weighted by Crippen LogP contribution is -2.28. The molecule has 0 saturated heterocycles. The van der Waals surface area contributed by atoms with Crippen LogP contribution in [0.2, 0.25) is 0 Å². The van der Waals surface area contributed by atoms with Gasteiger partial charge in [0.05, 0.1) is 16.7 Å².